The Kier molecular flexibility index (Phi) is 2.86. The Hall–Kier alpha value is -1.51. The average molecular weight is 219 g/mol. The summed E-state index contributed by atoms with van der Waals surface area (Å²) in [5, 5.41) is 9.26. The fraction of sp³-hybridized carbons (Fsp3) is 0.462. The molecular weight excluding hydrogens is 202 g/mol. The zero-order chi connectivity index (χ0) is 11.6. The number of phenolic OH excluding ortho intramolecular Hbond substituents is 1. The van der Waals surface area contributed by atoms with E-state index in [1.165, 1.54) is 6.42 Å². The lowest BCUT2D eigenvalue weighted by Gasteiger charge is -2.34. The van der Waals surface area contributed by atoms with Gasteiger partial charge in [0.25, 0.3) is 0 Å². The second kappa shape index (κ2) is 4.16. The van der Waals surface area contributed by atoms with Crippen LogP contribution in [0, 0.1) is 0 Å². The molecule has 0 spiro atoms. The number of rotatable bonds is 2. The van der Waals surface area contributed by atoms with Gasteiger partial charge in [-0.05, 0) is 30.5 Å². The second-order valence-electron chi connectivity index (χ2n) is 4.55. The Bertz CT molecular complexity index is 377. The summed E-state index contributed by atoms with van der Waals surface area (Å²) in [6.45, 7) is 0. The number of benzene rings is 1. The highest BCUT2D eigenvalue weighted by molar-refractivity contribution is 5.86. The third-order valence-electron chi connectivity index (χ3n) is 3.60. The van der Waals surface area contributed by atoms with E-state index >= 15 is 0 Å². The molecule has 0 radical (unpaired) electrons. The van der Waals surface area contributed by atoms with Gasteiger partial charge in [0.1, 0.15) is 5.75 Å². The molecule has 1 aromatic rings. The summed E-state index contributed by atoms with van der Waals surface area (Å²) in [4.78, 5) is 11.7. The Balaban J connectivity index is 2.38. The molecule has 86 valence electrons. The third kappa shape index (κ3) is 1.77. The van der Waals surface area contributed by atoms with Crippen molar-refractivity contribution < 1.29 is 9.90 Å². The number of nitrogens with two attached hydrogens (primary N) is 1. The lowest BCUT2D eigenvalue weighted by atomic mass is 9.69. The van der Waals surface area contributed by atoms with Crippen molar-refractivity contribution in [1.82, 2.24) is 0 Å². The number of amides is 1. The molecule has 1 aromatic carbocycles. The fourth-order valence-corrected chi connectivity index (χ4v) is 2.61. The van der Waals surface area contributed by atoms with E-state index < -0.39 is 5.41 Å². The van der Waals surface area contributed by atoms with Crippen molar-refractivity contribution in [3.63, 3.8) is 0 Å². The summed E-state index contributed by atoms with van der Waals surface area (Å²) in [5.74, 6) is -0.0166. The molecule has 1 aliphatic carbocycles. The number of hydrogen-bond donors (Lipinski definition) is 2. The van der Waals surface area contributed by atoms with Crippen molar-refractivity contribution in [1.29, 1.82) is 0 Å². The van der Waals surface area contributed by atoms with Crippen LogP contribution in [0.2, 0.25) is 0 Å². The molecule has 2 rings (SSSR count). The number of hydrogen-bond acceptors (Lipinski definition) is 2. The molecule has 3 nitrogen and oxygen atoms in total. The summed E-state index contributed by atoms with van der Waals surface area (Å²) in [7, 11) is 0. The van der Waals surface area contributed by atoms with E-state index in [-0.39, 0.29) is 11.7 Å². The molecule has 0 unspecified atom stereocenters. The second-order valence-corrected chi connectivity index (χ2v) is 4.55. The van der Waals surface area contributed by atoms with Gasteiger partial charge in [-0.1, -0.05) is 31.4 Å². The van der Waals surface area contributed by atoms with Gasteiger partial charge < -0.3 is 10.8 Å². The minimum absolute atomic E-state index is 0.221. The van der Waals surface area contributed by atoms with E-state index in [1.54, 1.807) is 12.1 Å². The minimum atomic E-state index is -0.508. The first kappa shape index (κ1) is 11.0. The molecular formula is C13H17NO2. The Labute approximate surface area is 95.3 Å². The Morgan fingerprint density at radius 2 is 1.69 bits per heavy atom. The molecule has 3 heteroatoms. The highest BCUT2D eigenvalue weighted by atomic mass is 16.3. The van der Waals surface area contributed by atoms with Gasteiger partial charge in [-0.2, -0.15) is 0 Å². The van der Waals surface area contributed by atoms with Crippen molar-refractivity contribution in [3.05, 3.63) is 29.8 Å². The van der Waals surface area contributed by atoms with Gasteiger partial charge in [0.05, 0.1) is 5.41 Å². The topological polar surface area (TPSA) is 63.3 Å². The van der Waals surface area contributed by atoms with Crippen molar-refractivity contribution in [2.45, 2.75) is 37.5 Å². The van der Waals surface area contributed by atoms with Gasteiger partial charge in [-0.15, -0.1) is 0 Å². The van der Waals surface area contributed by atoms with Crippen molar-refractivity contribution in [2.75, 3.05) is 0 Å². The van der Waals surface area contributed by atoms with Crippen LogP contribution in [-0.2, 0) is 10.2 Å². The molecule has 1 aliphatic rings. The average Bonchev–Trinajstić information content (AvgIpc) is 2.30. The van der Waals surface area contributed by atoms with Gasteiger partial charge in [0.15, 0.2) is 0 Å². The van der Waals surface area contributed by atoms with Crippen LogP contribution in [0.15, 0.2) is 24.3 Å². The number of carbonyl (C=O) groups excluding carboxylic acids is 1. The van der Waals surface area contributed by atoms with Crippen LogP contribution >= 0.6 is 0 Å². The molecule has 1 saturated carbocycles. The van der Waals surface area contributed by atoms with Gasteiger partial charge in [-0.3, -0.25) is 4.79 Å². The first-order valence-electron chi connectivity index (χ1n) is 5.74. The van der Waals surface area contributed by atoms with E-state index in [4.69, 9.17) is 5.73 Å². The zero-order valence-corrected chi connectivity index (χ0v) is 9.28. The zero-order valence-electron chi connectivity index (χ0n) is 9.28. The highest BCUT2D eigenvalue weighted by Crippen LogP contribution is 2.39. The van der Waals surface area contributed by atoms with E-state index in [1.807, 2.05) is 12.1 Å². The summed E-state index contributed by atoms with van der Waals surface area (Å²) in [5.41, 5.74) is 6.00. The van der Waals surface area contributed by atoms with Gasteiger partial charge in [-0.25, -0.2) is 0 Å². The van der Waals surface area contributed by atoms with Crippen molar-refractivity contribution >= 4 is 5.91 Å². The summed E-state index contributed by atoms with van der Waals surface area (Å²) in [6, 6.07) is 6.86. The summed E-state index contributed by atoms with van der Waals surface area (Å²) < 4.78 is 0. The lowest BCUT2D eigenvalue weighted by Crippen LogP contribution is -2.42. The van der Waals surface area contributed by atoms with Crippen LogP contribution in [0.3, 0.4) is 0 Å². The molecule has 0 aliphatic heterocycles. The SMILES string of the molecule is NC(=O)C1(c2ccc(O)cc2)CCCCC1. The van der Waals surface area contributed by atoms with Gasteiger partial charge >= 0.3 is 0 Å². The largest absolute Gasteiger partial charge is 0.508 e. The van der Waals surface area contributed by atoms with Crippen molar-refractivity contribution in [3.8, 4) is 5.75 Å². The van der Waals surface area contributed by atoms with E-state index in [9.17, 15) is 9.90 Å². The normalized spacial score (nSPS) is 19.2. The summed E-state index contributed by atoms with van der Waals surface area (Å²) >= 11 is 0. The van der Waals surface area contributed by atoms with E-state index in [2.05, 4.69) is 0 Å². The Morgan fingerprint density at radius 1 is 1.12 bits per heavy atom. The molecule has 0 aromatic heterocycles. The number of phenols is 1. The predicted molar refractivity (Wildman–Crippen MR) is 62.1 cm³/mol. The molecule has 1 fully saturated rings. The molecule has 3 N–H and O–H groups in total. The maximum atomic E-state index is 11.7. The molecule has 16 heavy (non-hydrogen) atoms. The van der Waals surface area contributed by atoms with Gasteiger partial charge in [0, 0.05) is 0 Å². The maximum absolute atomic E-state index is 11.7. The molecule has 0 heterocycles. The van der Waals surface area contributed by atoms with Crippen LogP contribution in [0.5, 0.6) is 5.75 Å². The van der Waals surface area contributed by atoms with Crippen LogP contribution in [0.4, 0.5) is 0 Å². The first-order valence-corrected chi connectivity index (χ1v) is 5.74. The number of primary amides is 1. The van der Waals surface area contributed by atoms with Crippen LogP contribution < -0.4 is 5.73 Å². The standard InChI is InChI=1S/C13H17NO2/c14-12(16)13(8-2-1-3-9-13)10-4-6-11(15)7-5-10/h4-7,15H,1-3,8-9H2,(H2,14,16). The maximum Gasteiger partial charge on any atom is 0.228 e. The number of carbonyl (C=O) groups is 1. The Morgan fingerprint density at radius 3 is 2.19 bits per heavy atom. The van der Waals surface area contributed by atoms with Crippen LogP contribution in [0.1, 0.15) is 37.7 Å². The molecule has 0 saturated heterocycles. The minimum Gasteiger partial charge on any atom is -0.508 e. The molecule has 1 amide bonds. The molecule has 0 bridgehead atoms. The van der Waals surface area contributed by atoms with E-state index in [0.29, 0.717) is 0 Å². The fourth-order valence-electron chi connectivity index (χ4n) is 2.61. The third-order valence-corrected chi connectivity index (χ3v) is 3.60. The smallest absolute Gasteiger partial charge is 0.228 e. The van der Waals surface area contributed by atoms with Crippen molar-refractivity contribution in [2.24, 2.45) is 5.73 Å². The van der Waals surface area contributed by atoms with Crippen LogP contribution in [0.25, 0.3) is 0 Å². The summed E-state index contributed by atoms with van der Waals surface area (Å²) in [6.07, 6.45) is 4.92. The number of aromatic hydroxyl groups is 1. The monoisotopic (exact) mass is 219 g/mol. The molecule has 0 atom stereocenters. The predicted octanol–water partition coefficient (Wildman–Crippen LogP) is 2.08. The van der Waals surface area contributed by atoms with Gasteiger partial charge in [0.2, 0.25) is 5.91 Å². The van der Waals surface area contributed by atoms with E-state index in [0.717, 1.165) is 31.2 Å². The highest BCUT2D eigenvalue weighted by Gasteiger charge is 2.39. The van der Waals surface area contributed by atoms with Crippen LogP contribution in [-0.4, -0.2) is 11.0 Å². The quantitative estimate of drug-likeness (QED) is 0.799. The first-order chi connectivity index (χ1) is 7.65. The lowest BCUT2D eigenvalue weighted by molar-refractivity contribution is -0.124.